The smallest absolute Gasteiger partial charge is 0.330 e. The Morgan fingerprint density at radius 1 is 1.33 bits per heavy atom. The molecule has 94 valence electrons. The molecule has 0 aliphatic rings. The SMILES string of the molecule is O=[N+]([O-])c1ccc(-c2nnn[n-]2)cc1C(F)(F)F. The number of alkyl halides is 3. The van der Waals surface area contributed by atoms with Crippen molar-refractivity contribution in [3.63, 3.8) is 0 Å². The molecule has 0 saturated carbocycles. The highest BCUT2D eigenvalue weighted by Crippen LogP contribution is 2.37. The minimum Gasteiger partial charge on any atom is -0.330 e. The first-order valence-electron chi connectivity index (χ1n) is 4.44. The summed E-state index contributed by atoms with van der Waals surface area (Å²) in [7, 11) is 0. The van der Waals surface area contributed by atoms with Gasteiger partial charge in [-0.1, -0.05) is 0 Å². The van der Waals surface area contributed by atoms with Gasteiger partial charge in [0.2, 0.25) is 0 Å². The Labute approximate surface area is 96.8 Å². The zero-order valence-corrected chi connectivity index (χ0v) is 8.42. The number of tetrazole rings is 1. The summed E-state index contributed by atoms with van der Waals surface area (Å²) in [4.78, 5) is 9.41. The highest BCUT2D eigenvalue weighted by molar-refractivity contribution is 5.60. The fraction of sp³-hybridized carbons (Fsp3) is 0.125. The van der Waals surface area contributed by atoms with E-state index in [1.165, 1.54) is 0 Å². The number of benzene rings is 1. The summed E-state index contributed by atoms with van der Waals surface area (Å²) < 4.78 is 38.0. The molecule has 0 amide bonds. The van der Waals surface area contributed by atoms with Gasteiger partial charge in [0.1, 0.15) is 5.56 Å². The fourth-order valence-electron chi connectivity index (χ4n) is 1.32. The molecule has 0 saturated heterocycles. The third kappa shape index (κ3) is 2.12. The monoisotopic (exact) mass is 258 g/mol. The van der Waals surface area contributed by atoms with E-state index >= 15 is 0 Å². The first-order valence-corrected chi connectivity index (χ1v) is 4.44. The predicted octanol–water partition coefficient (Wildman–Crippen LogP) is 1.42. The lowest BCUT2D eigenvalue weighted by Crippen LogP contribution is -2.09. The molecule has 0 atom stereocenters. The van der Waals surface area contributed by atoms with Gasteiger partial charge in [-0.25, -0.2) is 0 Å². The van der Waals surface area contributed by atoms with Gasteiger partial charge in [0.15, 0.2) is 0 Å². The molecular formula is C8H3F3N5O2-. The topological polar surface area (TPSA) is 95.9 Å². The van der Waals surface area contributed by atoms with Gasteiger partial charge in [0, 0.05) is 11.9 Å². The van der Waals surface area contributed by atoms with Crippen LogP contribution >= 0.6 is 0 Å². The molecule has 0 bridgehead atoms. The van der Waals surface area contributed by atoms with E-state index in [1.54, 1.807) is 0 Å². The summed E-state index contributed by atoms with van der Waals surface area (Å²) in [5, 5.41) is 23.5. The van der Waals surface area contributed by atoms with Crippen LogP contribution in [0.3, 0.4) is 0 Å². The van der Waals surface area contributed by atoms with Crippen LogP contribution in [0.15, 0.2) is 18.2 Å². The minimum absolute atomic E-state index is 0.0436. The maximum Gasteiger partial charge on any atom is 0.423 e. The van der Waals surface area contributed by atoms with Crippen LogP contribution in [0.2, 0.25) is 0 Å². The van der Waals surface area contributed by atoms with Crippen molar-refractivity contribution in [3.05, 3.63) is 33.9 Å². The van der Waals surface area contributed by atoms with Gasteiger partial charge in [-0.3, -0.25) is 20.4 Å². The number of hydrogen-bond donors (Lipinski definition) is 0. The van der Waals surface area contributed by atoms with Crippen LogP contribution in [0.5, 0.6) is 0 Å². The summed E-state index contributed by atoms with van der Waals surface area (Å²) in [6, 6.07) is 2.44. The lowest BCUT2D eigenvalue weighted by molar-refractivity contribution is -0.388. The molecule has 18 heavy (non-hydrogen) atoms. The quantitative estimate of drug-likeness (QED) is 0.597. The molecule has 10 heteroatoms. The van der Waals surface area contributed by atoms with Crippen LogP contribution < -0.4 is 5.10 Å². The predicted molar refractivity (Wildman–Crippen MR) is 50.2 cm³/mol. The maximum absolute atomic E-state index is 12.7. The third-order valence-corrected chi connectivity index (χ3v) is 2.08. The van der Waals surface area contributed by atoms with Crippen molar-refractivity contribution in [1.82, 2.24) is 20.6 Å². The zero-order chi connectivity index (χ0) is 13.3. The molecule has 0 radical (unpaired) electrons. The molecule has 1 aromatic carbocycles. The zero-order valence-electron chi connectivity index (χ0n) is 8.42. The van der Waals surface area contributed by atoms with E-state index in [-0.39, 0.29) is 11.4 Å². The van der Waals surface area contributed by atoms with Crippen molar-refractivity contribution in [2.45, 2.75) is 6.18 Å². The van der Waals surface area contributed by atoms with Gasteiger partial charge in [0.25, 0.3) is 5.69 Å². The summed E-state index contributed by atoms with van der Waals surface area (Å²) in [6.45, 7) is 0. The Hall–Kier alpha value is -2.52. The van der Waals surface area contributed by atoms with Gasteiger partial charge in [-0.15, -0.1) is 0 Å². The second-order valence-electron chi connectivity index (χ2n) is 3.19. The molecule has 1 aromatic heterocycles. The van der Waals surface area contributed by atoms with Gasteiger partial charge in [-0.2, -0.15) is 18.4 Å². The standard InChI is InChI=1S/C8H3F3N5O2/c9-8(10,11)5-3-4(7-12-14-15-13-7)1-2-6(5)16(17)18/h1-3H/q-1. The van der Waals surface area contributed by atoms with Crippen LogP contribution in [-0.2, 0) is 6.18 Å². The van der Waals surface area contributed by atoms with Crippen LogP contribution in [0.4, 0.5) is 18.9 Å². The molecular weight excluding hydrogens is 255 g/mol. The number of halogens is 3. The lowest BCUT2D eigenvalue weighted by atomic mass is 10.1. The van der Waals surface area contributed by atoms with E-state index < -0.39 is 22.4 Å². The number of nitrogens with zero attached hydrogens (tertiary/aromatic N) is 5. The molecule has 0 N–H and O–H groups in total. The number of rotatable bonds is 2. The van der Waals surface area contributed by atoms with Gasteiger partial charge < -0.3 is 5.10 Å². The molecule has 0 fully saturated rings. The second kappa shape index (κ2) is 4.05. The number of aromatic nitrogens is 4. The van der Waals surface area contributed by atoms with E-state index in [0.717, 1.165) is 12.1 Å². The van der Waals surface area contributed by atoms with Crippen molar-refractivity contribution in [2.75, 3.05) is 0 Å². The molecule has 0 unspecified atom stereocenters. The molecule has 2 rings (SSSR count). The molecule has 7 nitrogen and oxygen atoms in total. The Kier molecular flexibility index (Phi) is 2.69. The molecule has 0 spiro atoms. The first-order chi connectivity index (χ1) is 8.39. The van der Waals surface area contributed by atoms with E-state index in [2.05, 4.69) is 20.6 Å². The normalized spacial score (nSPS) is 11.5. The van der Waals surface area contributed by atoms with Crippen LogP contribution in [-0.4, -0.2) is 20.4 Å². The Morgan fingerprint density at radius 3 is 2.56 bits per heavy atom. The van der Waals surface area contributed by atoms with Gasteiger partial charge in [-0.05, 0) is 17.7 Å². The molecule has 2 aromatic rings. The fourth-order valence-corrected chi connectivity index (χ4v) is 1.32. The lowest BCUT2D eigenvalue weighted by Gasteiger charge is -2.09. The van der Waals surface area contributed by atoms with Gasteiger partial charge >= 0.3 is 6.18 Å². The second-order valence-corrected chi connectivity index (χ2v) is 3.19. The third-order valence-electron chi connectivity index (χ3n) is 2.08. The molecule has 0 aliphatic heterocycles. The van der Waals surface area contributed by atoms with Crippen molar-refractivity contribution < 1.29 is 18.1 Å². The highest BCUT2D eigenvalue weighted by Gasteiger charge is 2.38. The van der Waals surface area contributed by atoms with Gasteiger partial charge in [0.05, 0.1) is 4.92 Å². The van der Waals surface area contributed by atoms with E-state index in [9.17, 15) is 23.3 Å². The summed E-state index contributed by atoms with van der Waals surface area (Å²) >= 11 is 0. The van der Waals surface area contributed by atoms with Crippen LogP contribution in [0.1, 0.15) is 5.56 Å². The van der Waals surface area contributed by atoms with E-state index in [0.29, 0.717) is 6.07 Å². The van der Waals surface area contributed by atoms with Crippen molar-refractivity contribution in [2.24, 2.45) is 0 Å². The summed E-state index contributed by atoms with van der Waals surface area (Å²) in [5.41, 5.74) is -2.44. The Balaban J connectivity index is 2.60. The highest BCUT2D eigenvalue weighted by atomic mass is 19.4. The number of nitro groups is 1. The van der Waals surface area contributed by atoms with Crippen LogP contribution in [0.25, 0.3) is 11.4 Å². The summed E-state index contributed by atoms with van der Waals surface area (Å²) in [6.07, 6.45) is -4.84. The maximum atomic E-state index is 12.7. The summed E-state index contributed by atoms with van der Waals surface area (Å²) in [5.74, 6) is -0.129. The first kappa shape index (κ1) is 12.0. The molecule has 0 aliphatic carbocycles. The Bertz CT molecular complexity index is 581. The number of hydrogen-bond acceptors (Lipinski definition) is 5. The number of nitro benzene ring substituents is 1. The van der Waals surface area contributed by atoms with Crippen molar-refractivity contribution >= 4 is 5.69 Å². The average Bonchev–Trinajstić information content (AvgIpc) is 2.80. The van der Waals surface area contributed by atoms with Crippen LogP contribution in [0, 0.1) is 10.1 Å². The Morgan fingerprint density at radius 2 is 2.06 bits per heavy atom. The average molecular weight is 258 g/mol. The molecule has 1 heterocycles. The van der Waals surface area contributed by atoms with E-state index in [4.69, 9.17) is 0 Å². The minimum atomic E-state index is -4.84. The van der Waals surface area contributed by atoms with Crippen molar-refractivity contribution in [3.8, 4) is 11.4 Å². The van der Waals surface area contributed by atoms with Crippen molar-refractivity contribution in [1.29, 1.82) is 0 Å². The largest absolute Gasteiger partial charge is 0.423 e. The van der Waals surface area contributed by atoms with E-state index in [1.807, 2.05) is 0 Å².